The van der Waals surface area contributed by atoms with Gasteiger partial charge in [-0.2, -0.15) is 0 Å². The predicted molar refractivity (Wildman–Crippen MR) is 60.0 cm³/mol. The van der Waals surface area contributed by atoms with Gasteiger partial charge in [-0.15, -0.1) is 0 Å². The fourth-order valence-electron chi connectivity index (χ4n) is 2.09. The van der Waals surface area contributed by atoms with Crippen LogP contribution in [-0.2, 0) is 5.41 Å². The molecule has 0 radical (unpaired) electrons. The Hall–Kier alpha value is -1.02. The second-order valence-electron chi connectivity index (χ2n) is 4.52. The second kappa shape index (κ2) is 3.24. The van der Waals surface area contributed by atoms with Gasteiger partial charge in [0.25, 0.3) is 0 Å². The topological polar surface area (TPSA) is 26.3 Å². The van der Waals surface area contributed by atoms with Crippen LogP contribution < -0.4 is 4.74 Å². The molecule has 0 N–H and O–H groups in total. The molecule has 0 saturated carbocycles. The Morgan fingerprint density at radius 1 is 1.40 bits per heavy atom. The molecule has 0 fully saturated rings. The van der Waals surface area contributed by atoms with E-state index in [2.05, 4.69) is 13.8 Å². The molecule has 80 valence electrons. The fraction of sp³-hybridized carbons (Fsp3) is 0.417. The van der Waals surface area contributed by atoms with Gasteiger partial charge in [-0.3, -0.25) is 4.79 Å². The van der Waals surface area contributed by atoms with Crippen LogP contribution in [0.1, 0.15) is 36.2 Å². The monoisotopic (exact) mass is 224 g/mol. The third kappa shape index (κ3) is 1.53. The lowest BCUT2D eigenvalue weighted by molar-refractivity contribution is 0.0979. The summed E-state index contributed by atoms with van der Waals surface area (Å²) in [5.41, 5.74) is 1.67. The van der Waals surface area contributed by atoms with Crippen molar-refractivity contribution in [1.82, 2.24) is 0 Å². The first-order chi connectivity index (χ1) is 6.95. The van der Waals surface area contributed by atoms with Crippen LogP contribution in [0.4, 0.5) is 0 Å². The number of methoxy groups -OCH3 is 1. The van der Waals surface area contributed by atoms with Gasteiger partial charge in [-0.25, -0.2) is 0 Å². The van der Waals surface area contributed by atoms with Gasteiger partial charge in [0.1, 0.15) is 5.75 Å². The molecule has 0 aliphatic heterocycles. The molecule has 0 saturated heterocycles. The van der Waals surface area contributed by atoms with E-state index < -0.39 is 0 Å². The van der Waals surface area contributed by atoms with Crippen LogP contribution in [0.2, 0.25) is 5.02 Å². The number of fused-ring (bicyclic) bond motifs is 1. The van der Waals surface area contributed by atoms with Crippen molar-refractivity contribution in [3.63, 3.8) is 0 Å². The normalized spacial score (nSPS) is 17.7. The molecule has 3 heteroatoms. The van der Waals surface area contributed by atoms with E-state index in [9.17, 15) is 4.79 Å². The zero-order chi connectivity index (χ0) is 11.2. The van der Waals surface area contributed by atoms with Crippen LogP contribution >= 0.6 is 11.6 Å². The van der Waals surface area contributed by atoms with Gasteiger partial charge in [-0.1, -0.05) is 25.4 Å². The fourth-order valence-corrected chi connectivity index (χ4v) is 2.33. The van der Waals surface area contributed by atoms with Crippen LogP contribution in [0.25, 0.3) is 0 Å². The third-order valence-corrected chi connectivity index (χ3v) is 3.22. The van der Waals surface area contributed by atoms with E-state index in [1.54, 1.807) is 13.2 Å². The number of benzene rings is 1. The predicted octanol–water partition coefficient (Wildman–Crippen LogP) is 3.21. The van der Waals surface area contributed by atoms with Crippen LogP contribution in [-0.4, -0.2) is 12.9 Å². The minimum atomic E-state index is -0.109. The van der Waals surface area contributed by atoms with Crippen LogP contribution in [0.15, 0.2) is 12.1 Å². The standard InChI is InChI=1S/C12H13ClO2/c1-12(2)6-10(14)7-4-11(15-3)9(13)5-8(7)12/h4-5H,6H2,1-3H3. The summed E-state index contributed by atoms with van der Waals surface area (Å²) in [6, 6.07) is 3.59. The number of ether oxygens (including phenoxy) is 1. The van der Waals surface area contributed by atoms with E-state index in [-0.39, 0.29) is 11.2 Å². The molecule has 2 rings (SSSR count). The molecule has 1 aromatic carbocycles. The van der Waals surface area contributed by atoms with Crippen LogP contribution in [0, 0.1) is 0 Å². The molecule has 1 aromatic rings. The molecule has 1 aliphatic carbocycles. The summed E-state index contributed by atoms with van der Waals surface area (Å²) >= 11 is 6.05. The summed E-state index contributed by atoms with van der Waals surface area (Å²) in [4.78, 5) is 11.8. The summed E-state index contributed by atoms with van der Waals surface area (Å²) in [5, 5.41) is 0.569. The van der Waals surface area contributed by atoms with Gasteiger partial charge >= 0.3 is 0 Å². The van der Waals surface area contributed by atoms with Gasteiger partial charge in [0.2, 0.25) is 0 Å². The number of Topliss-reactive ketones (excluding diaryl/α,β-unsaturated/α-hetero) is 1. The summed E-state index contributed by atoms with van der Waals surface area (Å²) in [7, 11) is 1.55. The van der Waals surface area contributed by atoms with Crippen LogP contribution in [0.3, 0.4) is 0 Å². The number of halogens is 1. The van der Waals surface area contributed by atoms with E-state index in [0.29, 0.717) is 17.2 Å². The molecule has 0 atom stereocenters. The maximum atomic E-state index is 11.8. The lowest BCUT2D eigenvalue weighted by Crippen LogP contribution is -2.12. The second-order valence-corrected chi connectivity index (χ2v) is 4.92. The van der Waals surface area contributed by atoms with Crippen molar-refractivity contribution in [3.05, 3.63) is 28.3 Å². The third-order valence-electron chi connectivity index (χ3n) is 2.92. The highest BCUT2D eigenvalue weighted by molar-refractivity contribution is 6.32. The molecular formula is C12H13ClO2. The number of rotatable bonds is 1. The number of ketones is 1. The number of carbonyl (C=O) groups is 1. The molecule has 1 aliphatic rings. The van der Waals surface area contributed by atoms with Crippen molar-refractivity contribution in [1.29, 1.82) is 0 Å². The van der Waals surface area contributed by atoms with Gasteiger partial charge in [-0.05, 0) is 23.1 Å². The van der Waals surface area contributed by atoms with Crippen molar-refractivity contribution in [3.8, 4) is 5.75 Å². The number of hydrogen-bond donors (Lipinski definition) is 0. The Morgan fingerprint density at radius 2 is 2.07 bits per heavy atom. The lowest BCUT2D eigenvalue weighted by Gasteiger charge is -2.18. The van der Waals surface area contributed by atoms with Gasteiger partial charge in [0, 0.05) is 12.0 Å². The minimum Gasteiger partial charge on any atom is -0.495 e. The lowest BCUT2D eigenvalue weighted by atomic mass is 9.86. The van der Waals surface area contributed by atoms with Crippen LogP contribution in [0.5, 0.6) is 5.75 Å². The van der Waals surface area contributed by atoms with E-state index >= 15 is 0 Å². The Bertz CT molecular complexity index is 435. The zero-order valence-electron chi connectivity index (χ0n) is 9.06. The van der Waals surface area contributed by atoms with E-state index in [0.717, 1.165) is 11.1 Å². The molecule has 0 spiro atoms. The van der Waals surface area contributed by atoms with Gasteiger partial charge in [0.15, 0.2) is 5.78 Å². The molecule has 2 nitrogen and oxygen atoms in total. The molecule has 15 heavy (non-hydrogen) atoms. The van der Waals surface area contributed by atoms with Crippen molar-refractivity contribution >= 4 is 17.4 Å². The van der Waals surface area contributed by atoms with Crippen molar-refractivity contribution < 1.29 is 9.53 Å². The molecule has 0 unspecified atom stereocenters. The minimum absolute atomic E-state index is 0.109. The van der Waals surface area contributed by atoms with Gasteiger partial charge in [0.05, 0.1) is 12.1 Å². The first-order valence-electron chi connectivity index (χ1n) is 4.87. The summed E-state index contributed by atoms with van der Waals surface area (Å²) in [6.45, 7) is 4.11. The molecular weight excluding hydrogens is 212 g/mol. The Kier molecular flexibility index (Phi) is 2.27. The van der Waals surface area contributed by atoms with E-state index in [1.165, 1.54) is 0 Å². The maximum Gasteiger partial charge on any atom is 0.164 e. The average molecular weight is 225 g/mol. The van der Waals surface area contributed by atoms with Crippen molar-refractivity contribution in [2.24, 2.45) is 0 Å². The Morgan fingerprint density at radius 3 is 2.67 bits per heavy atom. The average Bonchev–Trinajstić information content (AvgIpc) is 2.36. The molecule has 0 aromatic heterocycles. The number of hydrogen-bond acceptors (Lipinski definition) is 2. The largest absolute Gasteiger partial charge is 0.495 e. The summed E-state index contributed by atoms with van der Waals surface area (Å²) in [6.07, 6.45) is 0.547. The van der Waals surface area contributed by atoms with E-state index in [4.69, 9.17) is 16.3 Å². The van der Waals surface area contributed by atoms with E-state index in [1.807, 2.05) is 6.07 Å². The zero-order valence-corrected chi connectivity index (χ0v) is 9.81. The number of carbonyl (C=O) groups excluding carboxylic acids is 1. The molecule has 0 heterocycles. The summed E-state index contributed by atoms with van der Waals surface area (Å²) in [5.74, 6) is 0.742. The highest BCUT2D eigenvalue weighted by Crippen LogP contribution is 2.42. The highest BCUT2D eigenvalue weighted by atomic mass is 35.5. The SMILES string of the molecule is COc1cc2c(cc1Cl)C(C)(C)CC2=O. The molecule has 0 amide bonds. The smallest absolute Gasteiger partial charge is 0.164 e. The maximum absolute atomic E-state index is 11.8. The summed E-state index contributed by atoms with van der Waals surface area (Å²) < 4.78 is 5.10. The highest BCUT2D eigenvalue weighted by Gasteiger charge is 2.36. The van der Waals surface area contributed by atoms with Crippen molar-refractivity contribution in [2.75, 3.05) is 7.11 Å². The Labute approximate surface area is 94.2 Å². The Balaban J connectivity index is 2.65. The van der Waals surface area contributed by atoms with Gasteiger partial charge < -0.3 is 4.74 Å². The molecule has 0 bridgehead atoms. The first kappa shape index (κ1) is 10.5. The quantitative estimate of drug-likeness (QED) is 0.732. The van der Waals surface area contributed by atoms with Crippen molar-refractivity contribution in [2.45, 2.75) is 25.7 Å². The first-order valence-corrected chi connectivity index (χ1v) is 5.25.